The number of methoxy groups -OCH3 is 2. The maximum atomic E-state index is 12.6. The summed E-state index contributed by atoms with van der Waals surface area (Å²) in [6.45, 7) is 5.79. The molecule has 0 spiro atoms. The van der Waals surface area contributed by atoms with Crippen molar-refractivity contribution >= 4 is 29.6 Å². The number of amides is 1. The summed E-state index contributed by atoms with van der Waals surface area (Å²) in [4.78, 5) is 14.7. The Morgan fingerprint density at radius 1 is 1.00 bits per heavy atom. The smallest absolute Gasteiger partial charge is 0.250 e. The Hall–Kier alpha value is -4.51. The van der Waals surface area contributed by atoms with Crippen molar-refractivity contribution in [1.82, 2.24) is 20.2 Å². The quantitative estimate of drug-likeness (QED) is 0.145. The average Bonchev–Trinajstić information content (AvgIpc) is 3.41. The van der Waals surface area contributed by atoms with Gasteiger partial charge in [0.05, 0.1) is 26.2 Å². The summed E-state index contributed by atoms with van der Waals surface area (Å²) in [6.07, 6.45) is 1.42. The molecule has 0 unspecified atom stereocenters. The molecule has 1 aromatic heterocycles. The van der Waals surface area contributed by atoms with E-state index >= 15 is 0 Å². The van der Waals surface area contributed by atoms with Gasteiger partial charge in [-0.2, -0.15) is 5.10 Å². The number of nitrogens with zero attached hydrogens (tertiary/aromatic N) is 5. The molecule has 0 bridgehead atoms. The number of nitrogens with one attached hydrogen (secondary N) is 1. The van der Waals surface area contributed by atoms with E-state index < -0.39 is 0 Å². The topological polar surface area (TPSA) is 114 Å². The second kappa shape index (κ2) is 13.5. The van der Waals surface area contributed by atoms with Crippen LogP contribution >= 0.6 is 11.8 Å². The van der Waals surface area contributed by atoms with Crippen molar-refractivity contribution in [2.75, 3.05) is 38.0 Å². The summed E-state index contributed by atoms with van der Waals surface area (Å²) < 4.78 is 12.5. The van der Waals surface area contributed by atoms with E-state index in [1.54, 1.807) is 26.4 Å². The van der Waals surface area contributed by atoms with E-state index in [9.17, 15) is 9.90 Å². The first-order valence-electron chi connectivity index (χ1n) is 12.7. The molecule has 2 N–H and O–H groups in total. The number of hydrogen-bond acceptors (Lipinski definition) is 9. The van der Waals surface area contributed by atoms with Gasteiger partial charge in [0.25, 0.3) is 5.91 Å². The molecule has 0 atom stereocenters. The minimum Gasteiger partial charge on any atom is -0.507 e. The number of ether oxygens (including phenoxy) is 2. The minimum atomic E-state index is -0.323. The zero-order valence-corrected chi connectivity index (χ0v) is 23.7. The van der Waals surface area contributed by atoms with Gasteiger partial charge in [-0.15, -0.1) is 10.2 Å². The van der Waals surface area contributed by atoms with Crippen molar-refractivity contribution in [2.24, 2.45) is 5.10 Å². The molecule has 10 nitrogen and oxygen atoms in total. The predicted molar refractivity (Wildman–Crippen MR) is 158 cm³/mol. The van der Waals surface area contributed by atoms with Gasteiger partial charge in [0.2, 0.25) is 0 Å². The van der Waals surface area contributed by atoms with Crippen molar-refractivity contribution in [3.8, 4) is 34.3 Å². The van der Waals surface area contributed by atoms with Crippen LogP contribution in [0.2, 0.25) is 0 Å². The van der Waals surface area contributed by atoms with Crippen LogP contribution in [0.15, 0.2) is 77.0 Å². The zero-order chi connectivity index (χ0) is 28.5. The molecule has 40 heavy (non-hydrogen) atoms. The van der Waals surface area contributed by atoms with Crippen molar-refractivity contribution in [3.05, 3.63) is 72.3 Å². The van der Waals surface area contributed by atoms with Crippen molar-refractivity contribution in [2.45, 2.75) is 19.0 Å². The van der Waals surface area contributed by atoms with Crippen LogP contribution < -0.4 is 19.8 Å². The number of aromatic nitrogens is 3. The number of carbonyl (C=O) groups is 1. The molecular weight excluding hydrogens is 528 g/mol. The second-order valence-electron chi connectivity index (χ2n) is 8.57. The number of anilines is 1. The van der Waals surface area contributed by atoms with Gasteiger partial charge >= 0.3 is 0 Å². The fourth-order valence-corrected chi connectivity index (χ4v) is 4.76. The van der Waals surface area contributed by atoms with E-state index in [0.29, 0.717) is 16.5 Å². The number of hydrazone groups is 1. The molecule has 4 rings (SSSR count). The van der Waals surface area contributed by atoms with Crippen molar-refractivity contribution in [3.63, 3.8) is 0 Å². The molecule has 0 aliphatic carbocycles. The maximum Gasteiger partial charge on any atom is 0.250 e. The van der Waals surface area contributed by atoms with Gasteiger partial charge in [0, 0.05) is 41.7 Å². The lowest BCUT2D eigenvalue weighted by atomic mass is 10.2. The van der Waals surface area contributed by atoms with Crippen LogP contribution in [0.4, 0.5) is 5.69 Å². The number of hydrogen-bond donors (Lipinski definition) is 2. The standard InChI is InChI=1S/C29H32N6O4S/c1-5-34(6-2)23-10-7-21(26(36)17-23)18-30-31-27(37)19-40-29-33-32-28(20-8-13-24(38-3)14-9-20)35(29)22-11-15-25(39-4)16-12-22/h7-18,36H,5-6,19H2,1-4H3,(H,31,37)/b30-18-. The first-order valence-corrected chi connectivity index (χ1v) is 13.7. The first-order chi connectivity index (χ1) is 19.5. The molecule has 0 saturated heterocycles. The molecule has 11 heteroatoms. The van der Waals surface area contributed by atoms with Crippen LogP contribution in [0.5, 0.6) is 17.2 Å². The van der Waals surface area contributed by atoms with Gasteiger partial charge in [0.15, 0.2) is 11.0 Å². The van der Waals surface area contributed by atoms with E-state index in [4.69, 9.17) is 9.47 Å². The molecule has 0 saturated carbocycles. The van der Waals surface area contributed by atoms with E-state index in [2.05, 4.69) is 39.5 Å². The third kappa shape index (κ3) is 6.73. The highest BCUT2D eigenvalue weighted by atomic mass is 32.2. The molecule has 3 aromatic carbocycles. The van der Waals surface area contributed by atoms with Crippen LogP contribution in [0.1, 0.15) is 19.4 Å². The summed E-state index contributed by atoms with van der Waals surface area (Å²) in [5, 5.41) is 23.7. The van der Waals surface area contributed by atoms with E-state index in [1.807, 2.05) is 59.2 Å². The minimum absolute atomic E-state index is 0.0567. The highest BCUT2D eigenvalue weighted by molar-refractivity contribution is 7.99. The summed E-state index contributed by atoms with van der Waals surface area (Å²) in [7, 11) is 3.23. The molecule has 0 radical (unpaired) electrons. The normalized spacial score (nSPS) is 11.0. The van der Waals surface area contributed by atoms with Crippen LogP contribution in [-0.2, 0) is 4.79 Å². The predicted octanol–water partition coefficient (Wildman–Crippen LogP) is 4.75. The van der Waals surface area contributed by atoms with E-state index in [-0.39, 0.29) is 17.4 Å². The summed E-state index contributed by atoms with van der Waals surface area (Å²) >= 11 is 1.24. The summed E-state index contributed by atoms with van der Waals surface area (Å²) in [6, 6.07) is 20.4. The Bertz CT molecular complexity index is 1450. The highest BCUT2D eigenvalue weighted by Crippen LogP contribution is 2.30. The third-order valence-corrected chi connectivity index (χ3v) is 7.11. The van der Waals surface area contributed by atoms with Crippen LogP contribution in [-0.4, -0.2) is 65.1 Å². The second-order valence-corrected chi connectivity index (χ2v) is 9.51. The third-order valence-electron chi connectivity index (χ3n) is 6.18. The van der Waals surface area contributed by atoms with E-state index in [1.165, 1.54) is 18.0 Å². The Morgan fingerprint density at radius 2 is 1.65 bits per heavy atom. The molecule has 0 aliphatic heterocycles. The molecule has 1 heterocycles. The van der Waals surface area contributed by atoms with Crippen LogP contribution in [0.3, 0.4) is 0 Å². The van der Waals surface area contributed by atoms with Gasteiger partial charge in [0.1, 0.15) is 17.2 Å². The lowest BCUT2D eigenvalue weighted by Gasteiger charge is -2.21. The largest absolute Gasteiger partial charge is 0.507 e. The molecular formula is C29H32N6O4S. The summed E-state index contributed by atoms with van der Waals surface area (Å²) in [5.74, 6) is 1.91. The number of thioether (sulfide) groups is 1. The van der Waals surface area contributed by atoms with Crippen LogP contribution in [0, 0.1) is 0 Å². The van der Waals surface area contributed by atoms with E-state index in [0.717, 1.165) is 41.5 Å². The monoisotopic (exact) mass is 560 g/mol. The lowest BCUT2D eigenvalue weighted by Crippen LogP contribution is -2.21. The Morgan fingerprint density at radius 3 is 2.25 bits per heavy atom. The lowest BCUT2D eigenvalue weighted by molar-refractivity contribution is -0.118. The maximum absolute atomic E-state index is 12.6. The Balaban J connectivity index is 1.47. The van der Waals surface area contributed by atoms with Gasteiger partial charge in [-0.1, -0.05) is 11.8 Å². The summed E-state index contributed by atoms with van der Waals surface area (Å²) in [5.41, 5.74) is 5.61. The highest BCUT2D eigenvalue weighted by Gasteiger charge is 2.18. The SMILES string of the molecule is CCN(CC)c1ccc(/C=N\NC(=O)CSc2nnc(-c3ccc(OC)cc3)n2-c2ccc(OC)cc2)c(O)c1. The Kier molecular flexibility index (Phi) is 9.63. The molecule has 208 valence electrons. The molecule has 1 amide bonds. The molecule has 0 aliphatic rings. The fraction of sp³-hybridized carbons (Fsp3) is 0.241. The number of benzene rings is 3. The van der Waals surface area contributed by atoms with Gasteiger partial charge in [-0.25, -0.2) is 5.43 Å². The van der Waals surface area contributed by atoms with Gasteiger partial charge < -0.3 is 19.5 Å². The number of rotatable bonds is 12. The number of aromatic hydroxyl groups is 1. The fourth-order valence-electron chi connectivity index (χ4n) is 4.02. The molecule has 0 fully saturated rings. The van der Waals surface area contributed by atoms with Gasteiger partial charge in [-0.3, -0.25) is 9.36 Å². The van der Waals surface area contributed by atoms with Gasteiger partial charge in [-0.05, 0) is 74.5 Å². The number of phenols is 1. The van der Waals surface area contributed by atoms with Crippen molar-refractivity contribution < 1.29 is 19.4 Å². The number of phenolic OH excluding ortho intramolecular Hbond substituents is 1. The van der Waals surface area contributed by atoms with Crippen molar-refractivity contribution in [1.29, 1.82) is 0 Å². The Labute approximate surface area is 237 Å². The first kappa shape index (κ1) is 28.5. The average molecular weight is 561 g/mol. The number of carbonyl (C=O) groups excluding carboxylic acids is 1. The van der Waals surface area contributed by atoms with Crippen LogP contribution in [0.25, 0.3) is 17.1 Å². The molecule has 4 aromatic rings. The zero-order valence-electron chi connectivity index (χ0n) is 22.9.